The van der Waals surface area contributed by atoms with Crippen LogP contribution in [0.15, 0.2) is 0 Å². The van der Waals surface area contributed by atoms with E-state index >= 15 is 0 Å². The minimum Gasteiger partial charge on any atom is -0.308 e. The third kappa shape index (κ3) is 1.87. The summed E-state index contributed by atoms with van der Waals surface area (Å²) < 4.78 is 0. The predicted octanol–water partition coefficient (Wildman–Crippen LogP) is 1.44. The van der Waals surface area contributed by atoms with Crippen molar-refractivity contribution in [2.24, 2.45) is 5.92 Å². The van der Waals surface area contributed by atoms with Crippen LogP contribution in [0.3, 0.4) is 0 Å². The molecule has 0 aromatic heterocycles. The molecule has 2 unspecified atom stereocenters. The number of nitrogens with one attached hydrogen (secondary N) is 1. The quantitative estimate of drug-likeness (QED) is 0.706. The molecule has 1 N–H and O–H groups in total. The monoisotopic (exact) mass is 189 g/mol. The Morgan fingerprint density at radius 1 is 1.09 bits per heavy atom. The summed E-state index contributed by atoms with van der Waals surface area (Å²) in [6.07, 6.45) is 0. The predicted molar refractivity (Wildman–Crippen MR) is 54.5 cm³/mol. The van der Waals surface area contributed by atoms with E-state index in [9.17, 15) is 0 Å². The van der Waals surface area contributed by atoms with Crippen LogP contribution in [0.2, 0.25) is 0 Å². The van der Waals surface area contributed by atoms with Crippen molar-refractivity contribution in [3.8, 4) is 0 Å². The molecule has 0 aliphatic carbocycles. The van der Waals surface area contributed by atoms with Crippen molar-refractivity contribution in [2.75, 3.05) is 23.0 Å². The molecule has 0 amide bonds. The van der Waals surface area contributed by atoms with Crippen molar-refractivity contribution in [1.29, 1.82) is 0 Å². The van der Waals surface area contributed by atoms with Crippen LogP contribution in [0.4, 0.5) is 0 Å². The molecule has 11 heavy (non-hydrogen) atoms. The van der Waals surface area contributed by atoms with Gasteiger partial charge in [-0.3, -0.25) is 0 Å². The lowest BCUT2D eigenvalue weighted by Gasteiger charge is -2.30. The van der Waals surface area contributed by atoms with Crippen molar-refractivity contribution in [2.45, 2.75) is 19.0 Å². The second kappa shape index (κ2) is 3.58. The maximum Gasteiger partial charge on any atom is 0.0251 e. The average Bonchev–Trinajstić information content (AvgIpc) is 2.27. The van der Waals surface area contributed by atoms with Gasteiger partial charge in [0.2, 0.25) is 0 Å². The largest absolute Gasteiger partial charge is 0.308 e. The fourth-order valence-electron chi connectivity index (χ4n) is 1.51. The van der Waals surface area contributed by atoms with Crippen LogP contribution >= 0.6 is 23.5 Å². The minimum absolute atomic E-state index is 0.811. The molecule has 2 aliphatic rings. The fourth-order valence-corrected chi connectivity index (χ4v) is 3.59. The van der Waals surface area contributed by atoms with Crippen LogP contribution in [0.5, 0.6) is 0 Å². The van der Waals surface area contributed by atoms with Crippen molar-refractivity contribution in [1.82, 2.24) is 5.32 Å². The van der Waals surface area contributed by atoms with Crippen molar-refractivity contribution in [3.63, 3.8) is 0 Å². The van der Waals surface area contributed by atoms with E-state index in [-0.39, 0.29) is 0 Å². The highest BCUT2D eigenvalue weighted by atomic mass is 32.2. The molecule has 3 heteroatoms. The molecule has 2 rings (SSSR count). The van der Waals surface area contributed by atoms with E-state index in [0.717, 1.165) is 18.0 Å². The first-order valence-corrected chi connectivity index (χ1v) is 6.59. The first kappa shape index (κ1) is 8.27. The summed E-state index contributed by atoms with van der Waals surface area (Å²) in [4.78, 5) is 0. The minimum atomic E-state index is 0.811. The Balaban J connectivity index is 1.75. The summed E-state index contributed by atoms with van der Waals surface area (Å²) in [6.45, 7) is 2.36. The van der Waals surface area contributed by atoms with Gasteiger partial charge < -0.3 is 5.32 Å². The topological polar surface area (TPSA) is 12.0 Å². The van der Waals surface area contributed by atoms with Crippen molar-refractivity contribution >= 4 is 23.5 Å². The lowest BCUT2D eigenvalue weighted by molar-refractivity contribution is 0.417. The lowest BCUT2D eigenvalue weighted by Crippen LogP contribution is -2.48. The molecule has 0 saturated carbocycles. The molecule has 2 heterocycles. The highest BCUT2D eigenvalue weighted by molar-refractivity contribution is 8.00. The third-order valence-corrected chi connectivity index (χ3v) is 5.09. The maximum absolute atomic E-state index is 3.72. The Kier molecular flexibility index (Phi) is 2.69. The summed E-state index contributed by atoms with van der Waals surface area (Å²) in [5.74, 6) is 6.27. The van der Waals surface area contributed by atoms with Gasteiger partial charge in [-0.25, -0.2) is 0 Å². The average molecular weight is 189 g/mol. The van der Waals surface area contributed by atoms with E-state index in [1.54, 1.807) is 0 Å². The Morgan fingerprint density at radius 2 is 1.82 bits per heavy atom. The standard InChI is InChI=1S/C8H15NS2/c1-6-2-10-5-8(6)9-7-3-11-4-7/h6-9H,2-5H2,1H3. The molecular weight excluding hydrogens is 174 g/mol. The van der Waals surface area contributed by atoms with Crippen LogP contribution < -0.4 is 5.32 Å². The molecule has 2 atom stereocenters. The number of rotatable bonds is 2. The normalized spacial score (nSPS) is 39.0. The van der Waals surface area contributed by atoms with E-state index < -0.39 is 0 Å². The zero-order chi connectivity index (χ0) is 7.68. The van der Waals surface area contributed by atoms with E-state index in [0.29, 0.717) is 0 Å². The number of thioether (sulfide) groups is 2. The van der Waals surface area contributed by atoms with Crippen LogP contribution in [0.25, 0.3) is 0 Å². The molecule has 2 aliphatic heterocycles. The van der Waals surface area contributed by atoms with E-state index in [1.165, 1.54) is 23.0 Å². The smallest absolute Gasteiger partial charge is 0.0251 e. The Morgan fingerprint density at radius 3 is 2.27 bits per heavy atom. The molecule has 0 radical (unpaired) electrons. The Labute approximate surface area is 77.1 Å². The summed E-state index contributed by atoms with van der Waals surface area (Å²) in [6, 6.07) is 1.65. The van der Waals surface area contributed by atoms with Gasteiger partial charge in [0.25, 0.3) is 0 Å². The molecule has 0 spiro atoms. The second-order valence-corrected chi connectivity index (χ2v) is 5.67. The van der Waals surface area contributed by atoms with Gasteiger partial charge in [0.15, 0.2) is 0 Å². The highest BCUT2D eigenvalue weighted by Gasteiger charge is 2.28. The van der Waals surface area contributed by atoms with Gasteiger partial charge in [0, 0.05) is 29.3 Å². The van der Waals surface area contributed by atoms with E-state index in [1.807, 2.05) is 0 Å². The van der Waals surface area contributed by atoms with Crippen molar-refractivity contribution < 1.29 is 0 Å². The molecule has 0 aromatic carbocycles. The SMILES string of the molecule is CC1CSCC1NC1CSC1. The second-order valence-electron chi connectivity index (χ2n) is 3.52. The summed E-state index contributed by atoms with van der Waals surface area (Å²) >= 11 is 4.16. The number of hydrogen-bond acceptors (Lipinski definition) is 3. The van der Waals surface area contributed by atoms with Crippen LogP contribution in [-0.2, 0) is 0 Å². The van der Waals surface area contributed by atoms with Gasteiger partial charge in [-0.2, -0.15) is 23.5 Å². The summed E-state index contributed by atoms with van der Waals surface area (Å²) in [5.41, 5.74) is 0. The third-order valence-electron chi connectivity index (χ3n) is 2.45. The van der Waals surface area contributed by atoms with E-state index in [2.05, 4.69) is 35.8 Å². The summed E-state index contributed by atoms with van der Waals surface area (Å²) in [7, 11) is 0. The van der Waals surface area contributed by atoms with Gasteiger partial charge in [0.05, 0.1) is 0 Å². The molecule has 0 bridgehead atoms. The molecule has 0 aromatic rings. The molecule has 64 valence electrons. The molecular formula is C8H15NS2. The first-order valence-electron chi connectivity index (χ1n) is 4.28. The fraction of sp³-hybridized carbons (Fsp3) is 1.00. The van der Waals surface area contributed by atoms with E-state index in [4.69, 9.17) is 0 Å². The van der Waals surface area contributed by atoms with Crippen LogP contribution in [0.1, 0.15) is 6.92 Å². The van der Waals surface area contributed by atoms with Crippen LogP contribution in [0, 0.1) is 5.92 Å². The molecule has 2 saturated heterocycles. The Hall–Kier alpha value is 0.660. The molecule has 1 nitrogen and oxygen atoms in total. The van der Waals surface area contributed by atoms with Gasteiger partial charge in [-0.05, 0) is 11.7 Å². The van der Waals surface area contributed by atoms with Gasteiger partial charge in [-0.15, -0.1) is 0 Å². The highest BCUT2D eigenvalue weighted by Crippen LogP contribution is 2.26. The van der Waals surface area contributed by atoms with Crippen molar-refractivity contribution in [3.05, 3.63) is 0 Å². The van der Waals surface area contributed by atoms with Gasteiger partial charge in [0.1, 0.15) is 0 Å². The maximum atomic E-state index is 3.72. The van der Waals surface area contributed by atoms with Gasteiger partial charge >= 0.3 is 0 Å². The van der Waals surface area contributed by atoms with Gasteiger partial charge in [-0.1, -0.05) is 6.92 Å². The first-order chi connectivity index (χ1) is 5.36. The summed E-state index contributed by atoms with van der Waals surface area (Å²) in [5, 5.41) is 3.72. The number of hydrogen-bond donors (Lipinski definition) is 1. The zero-order valence-electron chi connectivity index (χ0n) is 6.88. The van der Waals surface area contributed by atoms with Crippen LogP contribution in [-0.4, -0.2) is 35.1 Å². The zero-order valence-corrected chi connectivity index (χ0v) is 8.51. The lowest BCUT2D eigenvalue weighted by atomic mass is 10.1. The Bertz CT molecular complexity index is 136. The molecule has 2 fully saturated rings.